The molecule has 8 nitrogen and oxygen atoms in total. The van der Waals surface area contributed by atoms with E-state index in [2.05, 4.69) is 20.6 Å². The van der Waals surface area contributed by atoms with Gasteiger partial charge < -0.3 is 15.1 Å². The second-order valence-electron chi connectivity index (χ2n) is 4.09. The molecule has 0 unspecified atom stereocenters. The first-order valence-electron chi connectivity index (χ1n) is 6.09. The van der Waals surface area contributed by atoms with Crippen LogP contribution in [0.2, 0.25) is 0 Å². The van der Waals surface area contributed by atoms with Crippen LogP contribution in [0.3, 0.4) is 0 Å². The van der Waals surface area contributed by atoms with Gasteiger partial charge in [-0.05, 0) is 19.1 Å². The van der Waals surface area contributed by atoms with E-state index in [1.165, 1.54) is 0 Å². The van der Waals surface area contributed by atoms with Crippen molar-refractivity contribution < 1.29 is 9.34 Å². The van der Waals surface area contributed by atoms with Crippen LogP contribution in [0.1, 0.15) is 11.5 Å². The van der Waals surface area contributed by atoms with Gasteiger partial charge in [-0.3, -0.25) is 10.1 Å². The Balaban J connectivity index is 2.16. The van der Waals surface area contributed by atoms with Crippen LogP contribution in [0, 0.1) is 17.0 Å². The third-order valence-corrected chi connectivity index (χ3v) is 2.71. The van der Waals surface area contributed by atoms with E-state index in [1.54, 1.807) is 26.3 Å². The van der Waals surface area contributed by atoms with Crippen molar-refractivity contribution in [1.82, 2.24) is 9.97 Å². The molecular formula is C12H15N5O3. The van der Waals surface area contributed by atoms with Gasteiger partial charge in [0.05, 0.1) is 11.2 Å². The molecular weight excluding hydrogens is 262 g/mol. The summed E-state index contributed by atoms with van der Waals surface area (Å²) in [7, 11) is 1.66. The van der Waals surface area contributed by atoms with Crippen LogP contribution in [0.25, 0.3) is 0 Å². The number of aromatic nitrogens is 2. The lowest BCUT2D eigenvalue weighted by molar-refractivity contribution is -0.385. The Labute approximate surface area is 115 Å². The molecule has 0 atom stereocenters. The molecule has 2 N–H and O–H groups in total. The summed E-state index contributed by atoms with van der Waals surface area (Å²) in [5, 5.41) is 16.8. The minimum Gasteiger partial charge on any atom is -0.469 e. The van der Waals surface area contributed by atoms with Crippen LogP contribution < -0.4 is 10.6 Å². The normalized spacial score (nSPS) is 10.3. The van der Waals surface area contributed by atoms with Gasteiger partial charge in [-0.15, -0.1) is 0 Å². The molecule has 2 aromatic rings. The van der Waals surface area contributed by atoms with E-state index in [0.717, 1.165) is 5.76 Å². The van der Waals surface area contributed by atoms with Gasteiger partial charge in [-0.2, -0.15) is 4.98 Å². The molecule has 2 aromatic heterocycles. The van der Waals surface area contributed by atoms with Gasteiger partial charge in [-0.25, -0.2) is 4.98 Å². The maximum Gasteiger partial charge on any atom is 0.332 e. The van der Waals surface area contributed by atoms with Gasteiger partial charge in [0.15, 0.2) is 0 Å². The molecule has 0 saturated carbocycles. The third-order valence-electron chi connectivity index (χ3n) is 2.71. The van der Waals surface area contributed by atoms with Crippen LogP contribution >= 0.6 is 0 Å². The number of nitrogens with one attached hydrogen (secondary N) is 2. The number of hydrogen-bond acceptors (Lipinski definition) is 7. The number of nitro groups is 1. The largest absolute Gasteiger partial charge is 0.469 e. The van der Waals surface area contributed by atoms with Crippen molar-refractivity contribution in [2.75, 3.05) is 24.2 Å². The SMILES string of the molecule is CNc1nc(C)c([N+](=O)[O-])c(NCCc2ccco2)n1. The zero-order valence-electron chi connectivity index (χ0n) is 11.2. The van der Waals surface area contributed by atoms with Gasteiger partial charge in [-0.1, -0.05) is 0 Å². The molecule has 0 saturated heterocycles. The molecule has 0 aromatic carbocycles. The first-order chi connectivity index (χ1) is 9.61. The minimum absolute atomic E-state index is 0.108. The average Bonchev–Trinajstić information content (AvgIpc) is 2.90. The van der Waals surface area contributed by atoms with Crippen molar-refractivity contribution in [3.63, 3.8) is 0 Å². The van der Waals surface area contributed by atoms with Gasteiger partial charge in [0.25, 0.3) is 0 Å². The van der Waals surface area contributed by atoms with E-state index in [-0.39, 0.29) is 11.5 Å². The zero-order chi connectivity index (χ0) is 14.5. The summed E-state index contributed by atoms with van der Waals surface area (Å²) in [5.74, 6) is 1.35. The Morgan fingerprint density at radius 2 is 2.25 bits per heavy atom. The van der Waals surface area contributed by atoms with E-state index in [0.29, 0.717) is 24.6 Å². The van der Waals surface area contributed by atoms with Crippen LogP contribution in [-0.2, 0) is 6.42 Å². The molecule has 106 valence electrons. The fourth-order valence-corrected chi connectivity index (χ4v) is 1.78. The van der Waals surface area contributed by atoms with Crippen LogP contribution in [-0.4, -0.2) is 28.5 Å². The third kappa shape index (κ3) is 3.02. The van der Waals surface area contributed by atoms with Crippen molar-refractivity contribution in [2.24, 2.45) is 0 Å². The van der Waals surface area contributed by atoms with Crippen molar-refractivity contribution in [1.29, 1.82) is 0 Å². The standard InChI is InChI=1S/C12H15N5O3/c1-8-10(17(18)19)11(16-12(13-2)15-8)14-6-5-9-4-3-7-20-9/h3-4,7H,5-6H2,1-2H3,(H2,13,14,15,16). The Hall–Kier alpha value is -2.64. The number of rotatable bonds is 6. The van der Waals surface area contributed by atoms with Gasteiger partial charge in [0, 0.05) is 20.0 Å². The molecule has 0 amide bonds. The summed E-state index contributed by atoms with van der Waals surface area (Å²) in [6, 6.07) is 3.64. The molecule has 0 aliphatic carbocycles. The van der Waals surface area contributed by atoms with E-state index < -0.39 is 4.92 Å². The Morgan fingerprint density at radius 3 is 2.85 bits per heavy atom. The monoisotopic (exact) mass is 277 g/mol. The molecule has 2 rings (SSSR count). The van der Waals surface area contributed by atoms with Crippen LogP contribution in [0.15, 0.2) is 22.8 Å². The molecule has 8 heteroatoms. The molecule has 0 bridgehead atoms. The number of aryl methyl sites for hydroxylation is 1. The van der Waals surface area contributed by atoms with E-state index in [9.17, 15) is 10.1 Å². The quantitative estimate of drug-likeness (QED) is 0.614. The Morgan fingerprint density at radius 1 is 1.45 bits per heavy atom. The van der Waals surface area contributed by atoms with Crippen LogP contribution in [0.4, 0.5) is 17.5 Å². The van der Waals surface area contributed by atoms with Gasteiger partial charge >= 0.3 is 5.69 Å². The summed E-state index contributed by atoms with van der Waals surface area (Å²) in [6.45, 7) is 2.06. The van der Waals surface area contributed by atoms with E-state index >= 15 is 0 Å². The lowest BCUT2D eigenvalue weighted by atomic mass is 10.3. The molecule has 20 heavy (non-hydrogen) atoms. The molecule has 2 heterocycles. The average molecular weight is 277 g/mol. The summed E-state index contributed by atoms with van der Waals surface area (Å²) in [4.78, 5) is 18.7. The van der Waals surface area contributed by atoms with Crippen molar-refractivity contribution >= 4 is 17.5 Å². The first kappa shape index (κ1) is 13.8. The smallest absolute Gasteiger partial charge is 0.332 e. The summed E-state index contributed by atoms with van der Waals surface area (Å²) >= 11 is 0. The van der Waals surface area contributed by atoms with Crippen LogP contribution in [0.5, 0.6) is 0 Å². The highest BCUT2D eigenvalue weighted by molar-refractivity contribution is 5.60. The van der Waals surface area contributed by atoms with Gasteiger partial charge in [0.2, 0.25) is 11.8 Å². The van der Waals surface area contributed by atoms with Crippen molar-refractivity contribution in [2.45, 2.75) is 13.3 Å². The van der Waals surface area contributed by atoms with Crippen molar-refractivity contribution in [3.8, 4) is 0 Å². The summed E-state index contributed by atoms with van der Waals surface area (Å²) < 4.78 is 5.20. The van der Waals surface area contributed by atoms with E-state index in [1.807, 2.05) is 6.07 Å². The second kappa shape index (κ2) is 6.00. The summed E-state index contributed by atoms with van der Waals surface area (Å²) in [5.41, 5.74) is 0.207. The van der Waals surface area contributed by atoms with Crippen molar-refractivity contribution in [3.05, 3.63) is 40.0 Å². The highest BCUT2D eigenvalue weighted by Crippen LogP contribution is 2.26. The Bertz CT molecular complexity index is 597. The highest BCUT2D eigenvalue weighted by atomic mass is 16.6. The minimum atomic E-state index is -0.482. The topological polar surface area (TPSA) is 106 Å². The maximum atomic E-state index is 11.1. The molecule has 0 fully saturated rings. The number of furan rings is 1. The zero-order valence-corrected chi connectivity index (χ0v) is 11.2. The van der Waals surface area contributed by atoms with E-state index in [4.69, 9.17) is 4.42 Å². The predicted octanol–water partition coefficient (Wildman–Crippen LogP) is 1.98. The second-order valence-corrected chi connectivity index (χ2v) is 4.09. The molecule has 0 aliphatic rings. The highest BCUT2D eigenvalue weighted by Gasteiger charge is 2.21. The lowest BCUT2D eigenvalue weighted by Gasteiger charge is -2.08. The fourth-order valence-electron chi connectivity index (χ4n) is 1.78. The predicted molar refractivity (Wildman–Crippen MR) is 73.9 cm³/mol. The van der Waals surface area contributed by atoms with Gasteiger partial charge in [0.1, 0.15) is 11.5 Å². The summed E-state index contributed by atoms with van der Waals surface area (Å²) in [6.07, 6.45) is 2.20. The number of nitrogens with zero attached hydrogens (tertiary/aromatic N) is 3. The molecule has 0 spiro atoms. The number of anilines is 2. The lowest BCUT2D eigenvalue weighted by Crippen LogP contribution is -2.11. The number of hydrogen-bond donors (Lipinski definition) is 2. The maximum absolute atomic E-state index is 11.1. The molecule has 0 aliphatic heterocycles. The Kier molecular flexibility index (Phi) is 4.14. The fraction of sp³-hybridized carbons (Fsp3) is 0.333. The molecule has 0 radical (unpaired) electrons. The first-order valence-corrected chi connectivity index (χ1v) is 6.09.